The Morgan fingerprint density at radius 1 is 1.06 bits per heavy atom. The van der Waals surface area contributed by atoms with Gasteiger partial charge in [0, 0.05) is 38.2 Å². The van der Waals surface area contributed by atoms with Crippen molar-refractivity contribution in [3.63, 3.8) is 0 Å². The van der Waals surface area contributed by atoms with Crippen molar-refractivity contribution >= 4 is 17.0 Å². The summed E-state index contributed by atoms with van der Waals surface area (Å²) in [6.45, 7) is 3.73. The SMILES string of the molecule is COCCNc1nc(C2CCCN2Cc2cncnc2)nc2c1ncn2Cc1ccccc1. The largest absolute Gasteiger partial charge is 0.383 e. The first-order chi connectivity index (χ1) is 16.3. The van der Waals surface area contributed by atoms with Gasteiger partial charge in [-0.3, -0.25) is 4.90 Å². The van der Waals surface area contributed by atoms with E-state index in [0.29, 0.717) is 19.7 Å². The molecule has 9 nitrogen and oxygen atoms in total. The van der Waals surface area contributed by atoms with Crippen molar-refractivity contribution in [2.24, 2.45) is 0 Å². The van der Waals surface area contributed by atoms with Gasteiger partial charge >= 0.3 is 0 Å². The Hall–Kier alpha value is -3.43. The molecule has 4 aromatic rings. The Kier molecular flexibility index (Phi) is 6.50. The number of aromatic nitrogens is 6. The Morgan fingerprint density at radius 2 is 1.91 bits per heavy atom. The number of nitrogens with zero attached hydrogens (tertiary/aromatic N) is 7. The number of likely N-dealkylation sites (tertiary alicyclic amines) is 1. The van der Waals surface area contributed by atoms with Gasteiger partial charge in [0.1, 0.15) is 17.7 Å². The lowest BCUT2D eigenvalue weighted by molar-refractivity contribution is 0.210. The van der Waals surface area contributed by atoms with Crippen LogP contribution in [0.5, 0.6) is 0 Å². The molecule has 0 saturated carbocycles. The Labute approximate surface area is 192 Å². The molecule has 4 heterocycles. The molecule has 5 rings (SSSR count). The number of fused-ring (bicyclic) bond motifs is 1. The van der Waals surface area contributed by atoms with Gasteiger partial charge in [-0.25, -0.2) is 24.9 Å². The minimum Gasteiger partial charge on any atom is -0.383 e. The number of anilines is 1. The minimum atomic E-state index is 0.137. The van der Waals surface area contributed by atoms with Gasteiger partial charge in [0.25, 0.3) is 0 Å². The van der Waals surface area contributed by atoms with Gasteiger partial charge in [-0.1, -0.05) is 30.3 Å². The van der Waals surface area contributed by atoms with Crippen molar-refractivity contribution in [2.45, 2.75) is 32.0 Å². The molecular weight excluding hydrogens is 416 g/mol. The molecule has 0 aliphatic carbocycles. The van der Waals surface area contributed by atoms with Crippen molar-refractivity contribution in [3.05, 3.63) is 72.3 Å². The molecular formula is C24H28N8O. The Morgan fingerprint density at radius 3 is 2.73 bits per heavy atom. The summed E-state index contributed by atoms with van der Waals surface area (Å²) >= 11 is 0. The molecule has 3 aromatic heterocycles. The summed E-state index contributed by atoms with van der Waals surface area (Å²) in [6, 6.07) is 10.5. The highest BCUT2D eigenvalue weighted by Gasteiger charge is 2.30. The van der Waals surface area contributed by atoms with E-state index in [1.807, 2.05) is 24.8 Å². The quantitative estimate of drug-likeness (QED) is 0.394. The first kappa shape index (κ1) is 21.4. The lowest BCUT2D eigenvalue weighted by atomic mass is 10.2. The zero-order valence-electron chi connectivity index (χ0n) is 18.8. The van der Waals surface area contributed by atoms with Crippen molar-refractivity contribution < 1.29 is 4.74 Å². The van der Waals surface area contributed by atoms with Gasteiger partial charge in [0.05, 0.1) is 25.5 Å². The van der Waals surface area contributed by atoms with E-state index in [-0.39, 0.29) is 6.04 Å². The van der Waals surface area contributed by atoms with Gasteiger partial charge in [-0.05, 0) is 24.9 Å². The summed E-state index contributed by atoms with van der Waals surface area (Å²) < 4.78 is 7.32. The Balaban J connectivity index is 1.49. The van der Waals surface area contributed by atoms with Crippen molar-refractivity contribution in [1.82, 2.24) is 34.4 Å². The van der Waals surface area contributed by atoms with E-state index < -0.39 is 0 Å². The zero-order chi connectivity index (χ0) is 22.5. The summed E-state index contributed by atoms with van der Waals surface area (Å²) in [5.74, 6) is 1.58. The maximum atomic E-state index is 5.22. The molecule has 9 heteroatoms. The van der Waals surface area contributed by atoms with Crippen LogP contribution in [0, 0.1) is 0 Å². The molecule has 1 aliphatic heterocycles. The predicted octanol–water partition coefficient (Wildman–Crippen LogP) is 3.06. The van der Waals surface area contributed by atoms with E-state index in [2.05, 4.69) is 54.0 Å². The Bertz CT molecular complexity index is 1180. The van der Waals surface area contributed by atoms with Crippen LogP contribution in [0.4, 0.5) is 5.82 Å². The highest BCUT2D eigenvalue weighted by molar-refractivity contribution is 5.83. The second-order valence-electron chi connectivity index (χ2n) is 8.26. The fourth-order valence-corrected chi connectivity index (χ4v) is 4.35. The molecule has 170 valence electrons. The molecule has 0 bridgehead atoms. The second kappa shape index (κ2) is 10.0. The smallest absolute Gasteiger partial charge is 0.166 e. The third-order valence-electron chi connectivity index (χ3n) is 5.94. The summed E-state index contributed by atoms with van der Waals surface area (Å²) in [6.07, 6.45) is 9.29. The zero-order valence-corrected chi connectivity index (χ0v) is 18.8. The van der Waals surface area contributed by atoms with Crippen molar-refractivity contribution in [2.75, 3.05) is 32.1 Å². The normalized spacial score (nSPS) is 16.5. The van der Waals surface area contributed by atoms with Crippen LogP contribution >= 0.6 is 0 Å². The molecule has 0 spiro atoms. The molecule has 1 atom stereocenters. The van der Waals surface area contributed by atoms with Crippen LogP contribution in [0.3, 0.4) is 0 Å². The first-order valence-electron chi connectivity index (χ1n) is 11.3. The fourth-order valence-electron chi connectivity index (χ4n) is 4.35. The third-order valence-corrected chi connectivity index (χ3v) is 5.94. The topological polar surface area (TPSA) is 93.9 Å². The summed E-state index contributed by atoms with van der Waals surface area (Å²) in [7, 11) is 1.70. The van der Waals surface area contributed by atoms with Gasteiger partial charge in [-0.2, -0.15) is 0 Å². The number of ether oxygens (including phenoxy) is 1. The highest BCUT2D eigenvalue weighted by Crippen LogP contribution is 2.33. The van der Waals surface area contributed by atoms with E-state index in [1.54, 1.807) is 13.4 Å². The number of rotatable bonds is 9. The van der Waals surface area contributed by atoms with E-state index in [0.717, 1.165) is 54.3 Å². The average molecular weight is 445 g/mol. The van der Waals surface area contributed by atoms with Gasteiger partial charge in [0.15, 0.2) is 11.5 Å². The van der Waals surface area contributed by atoms with Crippen LogP contribution in [-0.4, -0.2) is 61.2 Å². The van der Waals surface area contributed by atoms with Gasteiger partial charge in [0.2, 0.25) is 0 Å². The number of nitrogens with one attached hydrogen (secondary N) is 1. The summed E-state index contributed by atoms with van der Waals surface area (Å²) in [5, 5.41) is 3.40. The second-order valence-corrected chi connectivity index (χ2v) is 8.26. The third kappa shape index (κ3) is 4.84. The molecule has 1 fully saturated rings. The number of methoxy groups -OCH3 is 1. The van der Waals surface area contributed by atoms with E-state index in [1.165, 1.54) is 5.56 Å². The molecule has 1 saturated heterocycles. The maximum absolute atomic E-state index is 5.22. The monoisotopic (exact) mass is 444 g/mol. The fraction of sp³-hybridized carbons (Fsp3) is 0.375. The predicted molar refractivity (Wildman–Crippen MR) is 126 cm³/mol. The maximum Gasteiger partial charge on any atom is 0.166 e. The molecule has 1 aromatic carbocycles. The summed E-state index contributed by atoms with van der Waals surface area (Å²) in [4.78, 5) is 25.4. The summed E-state index contributed by atoms with van der Waals surface area (Å²) in [5.41, 5.74) is 3.93. The number of hydrogen-bond donors (Lipinski definition) is 1. The van der Waals surface area contributed by atoms with Crippen LogP contribution in [-0.2, 0) is 17.8 Å². The molecule has 0 amide bonds. The molecule has 33 heavy (non-hydrogen) atoms. The number of benzene rings is 1. The molecule has 0 radical (unpaired) electrons. The lowest BCUT2D eigenvalue weighted by Crippen LogP contribution is -2.25. The van der Waals surface area contributed by atoms with Crippen molar-refractivity contribution in [3.8, 4) is 0 Å². The molecule has 1 aliphatic rings. The van der Waals surface area contributed by atoms with E-state index in [4.69, 9.17) is 14.7 Å². The van der Waals surface area contributed by atoms with Crippen LogP contribution in [0.25, 0.3) is 11.2 Å². The van der Waals surface area contributed by atoms with Crippen LogP contribution in [0.1, 0.15) is 35.8 Å². The van der Waals surface area contributed by atoms with Gasteiger partial charge in [-0.15, -0.1) is 0 Å². The van der Waals surface area contributed by atoms with Crippen LogP contribution in [0.2, 0.25) is 0 Å². The standard InChI is InChI=1S/C24H28N8O/c1-33-11-9-27-23-21-24(32(17-28-21)14-18-6-3-2-4-7-18)30-22(29-23)20-8-5-10-31(20)15-19-12-25-16-26-13-19/h2-4,6-7,12-13,16-17,20H,5,8-11,14-15H2,1H3,(H,27,29,30). The average Bonchev–Trinajstić information content (AvgIpc) is 3.48. The lowest BCUT2D eigenvalue weighted by Gasteiger charge is -2.23. The number of imidazole rings is 1. The van der Waals surface area contributed by atoms with Crippen molar-refractivity contribution in [1.29, 1.82) is 0 Å². The van der Waals surface area contributed by atoms with E-state index >= 15 is 0 Å². The van der Waals surface area contributed by atoms with Crippen LogP contribution < -0.4 is 5.32 Å². The highest BCUT2D eigenvalue weighted by atomic mass is 16.5. The van der Waals surface area contributed by atoms with Gasteiger partial charge < -0.3 is 14.6 Å². The van der Waals surface area contributed by atoms with Crippen LogP contribution in [0.15, 0.2) is 55.4 Å². The number of hydrogen-bond acceptors (Lipinski definition) is 8. The molecule has 1 unspecified atom stereocenters. The van der Waals surface area contributed by atoms with E-state index in [9.17, 15) is 0 Å². The first-order valence-corrected chi connectivity index (χ1v) is 11.3. The minimum absolute atomic E-state index is 0.137. The molecule has 1 N–H and O–H groups in total.